The van der Waals surface area contributed by atoms with Gasteiger partial charge in [-0.3, -0.25) is 4.90 Å². The third kappa shape index (κ3) is 4.22. The highest BCUT2D eigenvalue weighted by molar-refractivity contribution is 4.83. The number of nitrogens with zero attached hydrogens (tertiary/aromatic N) is 1. The molecule has 0 aromatic carbocycles. The van der Waals surface area contributed by atoms with Crippen molar-refractivity contribution in [1.82, 2.24) is 10.2 Å². The lowest BCUT2D eigenvalue weighted by molar-refractivity contribution is -0.0710. The maximum atomic E-state index is 5.77. The number of nitrogens with one attached hydrogen (secondary N) is 1. The van der Waals surface area contributed by atoms with Crippen LogP contribution in [0, 0.1) is 0 Å². The maximum absolute atomic E-state index is 5.77. The molecule has 0 radical (unpaired) electrons. The lowest BCUT2D eigenvalue weighted by Crippen LogP contribution is -2.52. The fourth-order valence-electron chi connectivity index (χ4n) is 2.92. The minimum Gasteiger partial charge on any atom is -0.376 e. The van der Waals surface area contributed by atoms with E-state index in [0.29, 0.717) is 18.2 Å². The molecule has 1 aliphatic heterocycles. The molecule has 18 heavy (non-hydrogen) atoms. The number of ether oxygens (including phenoxy) is 1. The van der Waals surface area contributed by atoms with Crippen LogP contribution in [0.4, 0.5) is 0 Å². The SMILES string of the molecule is CCC1COC(C)CN1C(C)CCCNC1CC1. The van der Waals surface area contributed by atoms with Crippen LogP contribution >= 0.6 is 0 Å². The first-order valence-electron chi connectivity index (χ1n) is 7.81. The van der Waals surface area contributed by atoms with Crippen LogP contribution in [0.25, 0.3) is 0 Å². The van der Waals surface area contributed by atoms with Gasteiger partial charge in [-0.2, -0.15) is 0 Å². The Morgan fingerprint density at radius 3 is 2.83 bits per heavy atom. The smallest absolute Gasteiger partial charge is 0.0674 e. The second-order valence-electron chi connectivity index (χ2n) is 6.12. The first kappa shape index (κ1) is 14.3. The van der Waals surface area contributed by atoms with Crippen LogP contribution in [0.2, 0.25) is 0 Å². The van der Waals surface area contributed by atoms with Gasteiger partial charge in [-0.05, 0) is 52.5 Å². The molecule has 1 N–H and O–H groups in total. The summed E-state index contributed by atoms with van der Waals surface area (Å²) in [5, 5.41) is 3.61. The molecule has 3 heteroatoms. The zero-order chi connectivity index (χ0) is 13.0. The Bertz CT molecular complexity index is 243. The van der Waals surface area contributed by atoms with E-state index >= 15 is 0 Å². The fraction of sp³-hybridized carbons (Fsp3) is 1.00. The molecule has 3 unspecified atom stereocenters. The van der Waals surface area contributed by atoms with E-state index in [1.807, 2.05) is 0 Å². The molecular weight excluding hydrogens is 224 g/mol. The summed E-state index contributed by atoms with van der Waals surface area (Å²) in [7, 11) is 0. The molecule has 1 heterocycles. The molecule has 106 valence electrons. The van der Waals surface area contributed by atoms with E-state index in [4.69, 9.17) is 4.74 Å². The number of hydrogen-bond donors (Lipinski definition) is 1. The molecule has 3 atom stereocenters. The number of hydrogen-bond acceptors (Lipinski definition) is 3. The molecular formula is C15H30N2O. The second-order valence-corrected chi connectivity index (χ2v) is 6.12. The van der Waals surface area contributed by atoms with Crippen LogP contribution in [0.5, 0.6) is 0 Å². The molecule has 3 nitrogen and oxygen atoms in total. The minimum atomic E-state index is 0.403. The highest BCUT2D eigenvalue weighted by atomic mass is 16.5. The molecule has 0 bridgehead atoms. The number of rotatable bonds is 7. The predicted molar refractivity (Wildman–Crippen MR) is 75.9 cm³/mol. The minimum absolute atomic E-state index is 0.403. The molecule has 0 spiro atoms. The lowest BCUT2D eigenvalue weighted by Gasteiger charge is -2.42. The molecule has 0 amide bonds. The quantitative estimate of drug-likeness (QED) is 0.706. The van der Waals surface area contributed by atoms with Gasteiger partial charge >= 0.3 is 0 Å². The van der Waals surface area contributed by atoms with Crippen LogP contribution in [0.3, 0.4) is 0 Å². The average Bonchev–Trinajstić information content (AvgIpc) is 3.18. The monoisotopic (exact) mass is 254 g/mol. The summed E-state index contributed by atoms with van der Waals surface area (Å²) in [4.78, 5) is 2.67. The van der Waals surface area contributed by atoms with Gasteiger partial charge < -0.3 is 10.1 Å². The molecule has 1 saturated heterocycles. The summed E-state index contributed by atoms with van der Waals surface area (Å²) >= 11 is 0. The summed E-state index contributed by atoms with van der Waals surface area (Å²) in [5.41, 5.74) is 0. The van der Waals surface area contributed by atoms with Gasteiger partial charge in [0, 0.05) is 24.7 Å². The van der Waals surface area contributed by atoms with Crippen molar-refractivity contribution in [2.24, 2.45) is 0 Å². The third-order valence-corrected chi connectivity index (χ3v) is 4.36. The molecule has 0 aromatic heterocycles. The van der Waals surface area contributed by atoms with Crippen LogP contribution in [-0.2, 0) is 4.74 Å². The van der Waals surface area contributed by atoms with Crippen molar-refractivity contribution in [3.8, 4) is 0 Å². The van der Waals surface area contributed by atoms with E-state index in [1.54, 1.807) is 0 Å². The van der Waals surface area contributed by atoms with Crippen molar-refractivity contribution >= 4 is 0 Å². The Morgan fingerprint density at radius 2 is 2.17 bits per heavy atom. The first-order chi connectivity index (χ1) is 8.70. The number of morpholine rings is 1. The van der Waals surface area contributed by atoms with E-state index in [-0.39, 0.29) is 0 Å². The maximum Gasteiger partial charge on any atom is 0.0674 e. The highest BCUT2D eigenvalue weighted by Gasteiger charge is 2.28. The van der Waals surface area contributed by atoms with Crippen molar-refractivity contribution in [2.45, 2.75) is 77.1 Å². The molecule has 2 aliphatic rings. The Balaban J connectivity index is 1.68. The van der Waals surface area contributed by atoms with Gasteiger partial charge in [0.15, 0.2) is 0 Å². The average molecular weight is 254 g/mol. The van der Waals surface area contributed by atoms with E-state index in [2.05, 4.69) is 31.0 Å². The fourth-order valence-corrected chi connectivity index (χ4v) is 2.92. The first-order valence-corrected chi connectivity index (χ1v) is 7.81. The van der Waals surface area contributed by atoms with E-state index in [0.717, 1.165) is 19.2 Å². The molecule has 1 saturated carbocycles. The van der Waals surface area contributed by atoms with Gasteiger partial charge in [0.05, 0.1) is 12.7 Å². The van der Waals surface area contributed by atoms with Crippen molar-refractivity contribution < 1.29 is 4.74 Å². The van der Waals surface area contributed by atoms with Crippen molar-refractivity contribution in [1.29, 1.82) is 0 Å². The summed E-state index contributed by atoms with van der Waals surface area (Å²) < 4.78 is 5.77. The molecule has 2 rings (SSSR count). The van der Waals surface area contributed by atoms with Crippen LogP contribution in [-0.4, -0.2) is 48.8 Å². The normalized spacial score (nSPS) is 31.5. The second kappa shape index (κ2) is 6.88. The largest absolute Gasteiger partial charge is 0.376 e. The van der Waals surface area contributed by atoms with E-state index < -0.39 is 0 Å². The summed E-state index contributed by atoms with van der Waals surface area (Å²) in [6.07, 6.45) is 7.02. The Morgan fingerprint density at radius 1 is 1.39 bits per heavy atom. The van der Waals surface area contributed by atoms with Crippen molar-refractivity contribution in [3.05, 3.63) is 0 Å². The summed E-state index contributed by atoms with van der Waals surface area (Å²) in [6.45, 7) is 10.1. The Labute approximate surface area is 112 Å². The van der Waals surface area contributed by atoms with Gasteiger partial charge in [0.2, 0.25) is 0 Å². The zero-order valence-corrected chi connectivity index (χ0v) is 12.3. The topological polar surface area (TPSA) is 24.5 Å². The van der Waals surface area contributed by atoms with Gasteiger partial charge in [-0.25, -0.2) is 0 Å². The van der Waals surface area contributed by atoms with E-state index in [1.165, 1.54) is 38.6 Å². The summed E-state index contributed by atoms with van der Waals surface area (Å²) in [5.74, 6) is 0. The van der Waals surface area contributed by atoms with Crippen molar-refractivity contribution in [3.63, 3.8) is 0 Å². The zero-order valence-electron chi connectivity index (χ0n) is 12.3. The van der Waals surface area contributed by atoms with Gasteiger partial charge in [0.1, 0.15) is 0 Å². The third-order valence-electron chi connectivity index (χ3n) is 4.36. The van der Waals surface area contributed by atoms with Gasteiger partial charge in [0.25, 0.3) is 0 Å². The van der Waals surface area contributed by atoms with E-state index in [9.17, 15) is 0 Å². The Kier molecular flexibility index (Phi) is 5.46. The molecule has 2 fully saturated rings. The standard InChI is InChI=1S/C15H30N2O/c1-4-15-11-18-13(3)10-17(15)12(2)6-5-9-16-14-7-8-14/h12-16H,4-11H2,1-3H3. The highest BCUT2D eigenvalue weighted by Crippen LogP contribution is 2.21. The summed E-state index contributed by atoms with van der Waals surface area (Å²) in [6, 6.07) is 2.18. The lowest BCUT2D eigenvalue weighted by atomic mass is 10.0. The molecule has 0 aromatic rings. The van der Waals surface area contributed by atoms with Crippen molar-refractivity contribution in [2.75, 3.05) is 19.7 Å². The van der Waals surface area contributed by atoms with Crippen LogP contribution in [0.15, 0.2) is 0 Å². The molecule has 1 aliphatic carbocycles. The van der Waals surface area contributed by atoms with Crippen LogP contribution in [0.1, 0.15) is 52.9 Å². The van der Waals surface area contributed by atoms with Gasteiger partial charge in [-0.15, -0.1) is 0 Å². The van der Waals surface area contributed by atoms with Crippen LogP contribution < -0.4 is 5.32 Å². The predicted octanol–water partition coefficient (Wildman–Crippen LogP) is 2.41. The van der Waals surface area contributed by atoms with Gasteiger partial charge in [-0.1, -0.05) is 6.92 Å². The Hall–Kier alpha value is -0.120.